The summed E-state index contributed by atoms with van der Waals surface area (Å²) in [5.74, 6) is -0.271. The first kappa shape index (κ1) is 12.6. The largest absolute Gasteiger partial charge is 0.480 e. The zero-order valence-electron chi connectivity index (χ0n) is 9.86. The molecule has 2 N–H and O–H groups in total. The molecule has 100 valence electrons. The lowest BCUT2D eigenvalue weighted by molar-refractivity contribution is -0.138. The number of aromatic nitrogens is 2. The Morgan fingerprint density at radius 1 is 1.42 bits per heavy atom. The topological polar surface area (TPSA) is 69.2 Å². The van der Waals surface area contributed by atoms with E-state index in [1.807, 2.05) is 0 Å². The van der Waals surface area contributed by atoms with Gasteiger partial charge in [0.2, 0.25) is 5.95 Å². The zero-order valence-corrected chi connectivity index (χ0v) is 11.4. The monoisotopic (exact) mass is 299 g/mol. The van der Waals surface area contributed by atoms with Crippen molar-refractivity contribution in [2.24, 2.45) is 0 Å². The third kappa shape index (κ3) is 2.13. The number of hydrogen-bond acceptors (Lipinski definition) is 3. The molecule has 1 aliphatic heterocycles. The average Bonchev–Trinajstić information content (AvgIpc) is 2.95. The summed E-state index contributed by atoms with van der Waals surface area (Å²) in [5.41, 5.74) is 1.43. The van der Waals surface area contributed by atoms with E-state index < -0.39 is 12.0 Å². The summed E-state index contributed by atoms with van der Waals surface area (Å²) in [6.07, 6.45) is 1.48. The van der Waals surface area contributed by atoms with Crippen LogP contribution < -0.4 is 4.90 Å². The van der Waals surface area contributed by atoms with Crippen LogP contribution in [0.25, 0.3) is 11.0 Å². The Morgan fingerprint density at radius 2 is 2.16 bits per heavy atom. The molecule has 7 heteroatoms. The number of halogens is 2. The first-order valence-corrected chi connectivity index (χ1v) is 6.66. The fraction of sp³-hybridized carbons (Fsp3) is 0.333. The van der Waals surface area contributed by atoms with Gasteiger partial charge in [0.1, 0.15) is 6.04 Å². The molecular formula is C12H11Cl2N3O2. The van der Waals surface area contributed by atoms with Crippen molar-refractivity contribution in [3.63, 3.8) is 0 Å². The number of carboxylic acid groups (broad SMARTS) is 1. The third-order valence-electron chi connectivity index (χ3n) is 3.32. The summed E-state index contributed by atoms with van der Waals surface area (Å²) in [4.78, 5) is 20.4. The van der Waals surface area contributed by atoms with Crippen molar-refractivity contribution in [2.75, 3.05) is 11.4 Å². The van der Waals surface area contributed by atoms with E-state index in [0.29, 0.717) is 34.5 Å². The van der Waals surface area contributed by atoms with Crippen molar-refractivity contribution in [3.05, 3.63) is 22.2 Å². The molecule has 0 aliphatic carbocycles. The maximum absolute atomic E-state index is 11.2. The van der Waals surface area contributed by atoms with Gasteiger partial charge in [0.25, 0.3) is 0 Å². The van der Waals surface area contributed by atoms with Crippen molar-refractivity contribution in [3.8, 4) is 0 Å². The minimum absolute atomic E-state index is 0.434. The van der Waals surface area contributed by atoms with E-state index in [0.717, 1.165) is 11.9 Å². The van der Waals surface area contributed by atoms with Gasteiger partial charge in [-0.2, -0.15) is 0 Å². The second-order valence-electron chi connectivity index (χ2n) is 4.53. The van der Waals surface area contributed by atoms with Gasteiger partial charge in [-0.15, -0.1) is 0 Å². The lowest BCUT2D eigenvalue weighted by Crippen LogP contribution is -2.36. The Morgan fingerprint density at radius 3 is 2.89 bits per heavy atom. The maximum Gasteiger partial charge on any atom is 0.326 e. The van der Waals surface area contributed by atoms with Crippen LogP contribution in [-0.2, 0) is 4.79 Å². The molecule has 1 aromatic carbocycles. The molecule has 2 aromatic rings. The van der Waals surface area contributed by atoms with Gasteiger partial charge in [0.05, 0.1) is 21.1 Å². The van der Waals surface area contributed by atoms with Crippen LogP contribution in [0.2, 0.25) is 10.0 Å². The van der Waals surface area contributed by atoms with E-state index in [2.05, 4.69) is 9.97 Å². The number of hydrogen-bond donors (Lipinski definition) is 2. The highest BCUT2D eigenvalue weighted by Gasteiger charge is 2.32. The molecule has 3 rings (SSSR count). The Kier molecular flexibility index (Phi) is 3.03. The molecular weight excluding hydrogens is 289 g/mol. The Balaban J connectivity index is 2.03. The van der Waals surface area contributed by atoms with Crippen LogP contribution in [-0.4, -0.2) is 33.6 Å². The third-order valence-corrected chi connectivity index (χ3v) is 4.04. The van der Waals surface area contributed by atoms with Gasteiger partial charge in [-0.25, -0.2) is 9.78 Å². The number of H-pyrrole nitrogens is 1. The first-order valence-electron chi connectivity index (χ1n) is 5.90. The van der Waals surface area contributed by atoms with E-state index in [4.69, 9.17) is 23.2 Å². The number of aliphatic carboxylic acids is 1. The van der Waals surface area contributed by atoms with Crippen LogP contribution in [0.1, 0.15) is 12.8 Å². The molecule has 5 nitrogen and oxygen atoms in total. The summed E-state index contributed by atoms with van der Waals surface area (Å²) in [6, 6.07) is 2.85. The number of fused-ring (bicyclic) bond motifs is 1. The second kappa shape index (κ2) is 4.58. The van der Waals surface area contributed by atoms with Crippen molar-refractivity contribution in [1.29, 1.82) is 0 Å². The molecule has 0 bridgehead atoms. The average molecular weight is 300 g/mol. The van der Waals surface area contributed by atoms with Crippen molar-refractivity contribution in [1.82, 2.24) is 9.97 Å². The van der Waals surface area contributed by atoms with Crippen LogP contribution in [0.15, 0.2) is 12.1 Å². The molecule has 2 heterocycles. The maximum atomic E-state index is 11.2. The fourth-order valence-electron chi connectivity index (χ4n) is 2.40. The second-order valence-corrected chi connectivity index (χ2v) is 5.35. The molecule has 0 saturated carbocycles. The number of nitrogens with one attached hydrogen (secondary N) is 1. The minimum Gasteiger partial charge on any atom is -0.480 e. The lowest BCUT2D eigenvalue weighted by atomic mass is 10.2. The van der Waals surface area contributed by atoms with E-state index in [1.54, 1.807) is 17.0 Å². The molecule has 0 amide bonds. The molecule has 19 heavy (non-hydrogen) atoms. The van der Waals surface area contributed by atoms with Crippen molar-refractivity contribution in [2.45, 2.75) is 18.9 Å². The number of benzene rings is 1. The molecule has 1 aromatic heterocycles. The number of nitrogens with zero attached hydrogens (tertiary/aromatic N) is 2. The summed E-state index contributed by atoms with van der Waals surface area (Å²) < 4.78 is 0. The van der Waals surface area contributed by atoms with Crippen LogP contribution in [0.4, 0.5) is 5.95 Å². The molecule has 0 spiro atoms. The van der Waals surface area contributed by atoms with Gasteiger partial charge in [0.15, 0.2) is 0 Å². The smallest absolute Gasteiger partial charge is 0.326 e. The summed E-state index contributed by atoms with van der Waals surface area (Å²) in [7, 11) is 0. The summed E-state index contributed by atoms with van der Waals surface area (Å²) >= 11 is 11.9. The van der Waals surface area contributed by atoms with E-state index in [9.17, 15) is 9.90 Å². The number of carbonyl (C=O) groups is 1. The van der Waals surface area contributed by atoms with Crippen molar-refractivity contribution >= 4 is 46.2 Å². The number of imidazole rings is 1. The zero-order chi connectivity index (χ0) is 13.6. The Hall–Kier alpha value is -1.46. The molecule has 0 radical (unpaired) electrons. The van der Waals surface area contributed by atoms with E-state index in [-0.39, 0.29) is 0 Å². The van der Waals surface area contributed by atoms with Crippen LogP contribution in [0.5, 0.6) is 0 Å². The number of anilines is 1. The number of carboxylic acids is 1. The highest BCUT2D eigenvalue weighted by atomic mass is 35.5. The van der Waals surface area contributed by atoms with Gasteiger partial charge in [0, 0.05) is 6.54 Å². The fourth-order valence-corrected chi connectivity index (χ4v) is 2.73. The van der Waals surface area contributed by atoms with Crippen molar-refractivity contribution < 1.29 is 9.90 Å². The first-order chi connectivity index (χ1) is 9.06. The Bertz CT molecular complexity index is 617. The predicted molar refractivity (Wildman–Crippen MR) is 74.1 cm³/mol. The van der Waals surface area contributed by atoms with Gasteiger partial charge in [-0.3, -0.25) is 0 Å². The number of rotatable bonds is 2. The molecule has 1 saturated heterocycles. The SMILES string of the molecule is O=C(O)C1CCCN1c1nc2cc(Cl)c(Cl)cc2[nH]1. The van der Waals surface area contributed by atoms with E-state index >= 15 is 0 Å². The van der Waals surface area contributed by atoms with Crippen LogP contribution in [0, 0.1) is 0 Å². The highest BCUT2D eigenvalue weighted by molar-refractivity contribution is 6.42. The van der Waals surface area contributed by atoms with E-state index in [1.165, 1.54) is 0 Å². The highest BCUT2D eigenvalue weighted by Crippen LogP contribution is 2.30. The minimum atomic E-state index is -0.825. The Labute approximate surface area is 119 Å². The van der Waals surface area contributed by atoms with Gasteiger partial charge < -0.3 is 15.0 Å². The summed E-state index contributed by atoms with van der Waals surface area (Å²) in [5, 5.41) is 10.1. The van der Waals surface area contributed by atoms with Gasteiger partial charge in [-0.05, 0) is 25.0 Å². The lowest BCUT2D eigenvalue weighted by Gasteiger charge is -2.19. The van der Waals surface area contributed by atoms with Gasteiger partial charge in [-0.1, -0.05) is 23.2 Å². The van der Waals surface area contributed by atoms with Crippen LogP contribution in [0.3, 0.4) is 0 Å². The molecule has 1 unspecified atom stereocenters. The standard InChI is InChI=1S/C12H11Cl2N3O2/c13-6-4-8-9(5-7(6)14)16-12(15-8)17-3-1-2-10(17)11(18)19/h4-5,10H,1-3H2,(H,15,16)(H,18,19). The quantitative estimate of drug-likeness (QED) is 0.894. The predicted octanol–water partition coefficient (Wildman–Crippen LogP) is 2.92. The summed E-state index contributed by atoms with van der Waals surface area (Å²) in [6.45, 7) is 0.679. The van der Waals surface area contributed by atoms with Crippen LogP contribution >= 0.6 is 23.2 Å². The number of aromatic amines is 1. The molecule has 1 aliphatic rings. The molecule has 1 atom stereocenters. The molecule has 1 fully saturated rings. The van der Waals surface area contributed by atoms with Gasteiger partial charge >= 0.3 is 5.97 Å². The normalized spacial score (nSPS) is 19.3.